The van der Waals surface area contributed by atoms with Crippen LogP contribution in [0.1, 0.15) is 45.6 Å². The average molecular weight is 318 g/mol. The van der Waals surface area contributed by atoms with Crippen LogP contribution in [0.3, 0.4) is 0 Å². The van der Waals surface area contributed by atoms with Gasteiger partial charge in [0.1, 0.15) is 0 Å². The van der Waals surface area contributed by atoms with Crippen LogP contribution in [0.25, 0.3) is 0 Å². The summed E-state index contributed by atoms with van der Waals surface area (Å²) < 4.78 is 0. The lowest BCUT2D eigenvalue weighted by molar-refractivity contribution is -0.384. The summed E-state index contributed by atoms with van der Waals surface area (Å²) in [6, 6.07) is 6.03. The molecule has 1 aromatic rings. The molecule has 124 valence electrons. The van der Waals surface area contributed by atoms with E-state index in [0.717, 1.165) is 0 Å². The number of carboxylic acids is 1. The smallest absolute Gasteiger partial charge is 0.332 e. The molecule has 0 spiro atoms. The van der Waals surface area contributed by atoms with Crippen LogP contribution in [0.2, 0.25) is 0 Å². The number of hydrogen-bond donors (Lipinski definition) is 2. The van der Waals surface area contributed by atoms with Crippen molar-refractivity contribution >= 4 is 11.7 Å². The second-order valence-electron chi connectivity index (χ2n) is 5.57. The monoisotopic (exact) mass is 318 g/mol. The van der Waals surface area contributed by atoms with Crippen LogP contribution >= 0.6 is 0 Å². The van der Waals surface area contributed by atoms with Crippen LogP contribution < -0.4 is 5.73 Å². The fourth-order valence-electron chi connectivity index (χ4n) is 2.54. The Morgan fingerprint density at radius 3 is 2.39 bits per heavy atom. The quantitative estimate of drug-likeness (QED) is 0.472. The number of allylic oxidation sites excluding steroid dienone is 3. The maximum atomic E-state index is 11.7. The maximum absolute atomic E-state index is 11.7. The Morgan fingerprint density at radius 1 is 1.35 bits per heavy atom. The highest BCUT2D eigenvalue weighted by molar-refractivity contribution is 5.90. The molecule has 1 rings (SSSR count). The summed E-state index contributed by atoms with van der Waals surface area (Å²) in [6.07, 6.45) is 0.576. The van der Waals surface area contributed by atoms with E-state index in [9.17, 15) is 20.0 Å². The van der Waals surface area contributed by atoms with Crippen LogP contribution in [-0.4, -0.2) is 16.0 Å². The van der Waals surface area contributed by atoms with Gasteiger partial charge in [-0.15, -0.1) is 0 Å². The van der Waals surface area contributed by atoms with Crippen LogP contribution in [0.5, 0.6) is 0 Å². The zero-order valence-electron chi connectivity index (χ0n) is 13.8. The van der Waals surface area contributed by atoms with Crippen molar-refractivity contribution in [3.8, 4) is 0 Å². The van der Waals surface area contributed by atoms with Crippen LogP contribution in [-0.2, 0) is 4.79 Å². The van der Waals surface area contributed by atoms with Gasteiger partial charge in [0, 0.05) is 29.3 Å². The minimum Gasteiger partial charge on any atom is -0.478 e. The largest absolute Gasteiger partial charge is 0.478 e. The molecular weight excluding hydrogens is 296 g/mol. The number of non-ortho nitro benzene ring substituents is 1. The highest BCUT2D eigenvalue weighted by Crippen LogP contribution is 2.36. The third-order valence-electron chi connectivity index (χ3n) is 3.79. The third-order valence-corrected chi connectivity index (χ3v) is 3.79. The van der Waals surface area contributed by atoms with E-state index in [0.29, 0.717) is 28.8 Å². The molecule has 0 saturated heterocycles. The normalized spacial score (nSPS) is 13.0. The van der Waals surface area contributed by atoms with E-state index >= 15 is 0 Å². The summed E-state index contributed by atoms with van der Waals surface area (Å²) in [5, 5.41) is 20.6. The van der Waals surface area contributed by atoms with E-state index in [1.165, 1.54) is 12.1 Å². The molecule has 0 aromatic heterocycles. The average Bonchev–Trinajstić information content (AvgIpc) is 2.50. The fraction of sp³-hybridized carbons (Fsp3) is 0.353. The van der Waals surface area contributed by atoms with Crippen molar-refractivity contribution in [2.24, 2.45) is 5.73 Å². The van der Waals surface area contributed by atoms with Crippen molar-refractivity contribution in [1.29, 1.82) is 0 Å². The van der Waals surface area contributed by atoms with Gasteiger partial charge in [0.25, 0.3) is 5.69 Å². The Bertz CT molecular complexity index is 686. The first-order valence-electron chi connectivity index (χ1n) is 7.30. The second kappa shape index (κ2) is 7.58. The van der Waals surface area contributed by atoms with Crippen molar-refractivity contribution in [1.82, 2.24) is 0 Å². The first-order valence-corrected chi connectivity index (χ1v) is 7.30. The van der Waals surface area contributed by atoms with Crippen molar-refractivity contribution in [3.05, 3.63) is 62.4 Å². The zero-order chi connectivity index (χ0) is 17.7. The van der Waals surface area contributed by atoms with Gasteiger partial charge in [-0.05, 0) is 38.3 Å². The van der Waals surface area contributed by atoms with E-state index < -0.39 is 16.8 Å². The van der Waals surface area contributed by atoms with Crippen molar-refractivity contribution < 1.29 is 14.8 Å². The van der Waals surface area contributed by atoms with Gasteiger partial charge >= 0.3 is 5.97 Å². The summed E-state index contributed by atoms with van der Waals surface area (Å²) in [5.74, 6) is -1.66. The van der Waals surface area contributed by atoms with E-state index in [4.69, 9.17) is 5.73 Å². The predicted octanol–water partition coefficient (Wildman–Crippen LogP) is 3.74. The molecule has 6 heteroatoms. The first kappa shape index (κ1) is 18.4. The summed E-state index contributed by atoms with van der Waals surface area (Å²) in [6.45, 7) is 7.08. The maximum Gasteiger partial charge on any atom is 0.332 e. The number of benzene rings is 1. The van der Waals surface area contributed by atoms with E-state index in [-0.39, 0.29) is 11.3 Å². The van der Waals surface area contributed by atoms with Crippen molar-refractivity contribution in [2.45, 2.75) is 40.0 Å². The van der Waals surface area contributed by atoms with Gasteiger partial charge in [0.15, 0.2) is 0 Å². The number of nitro groups is 1. The van der Waals surface area contributed by atoms with Gasteiger partial charge in [-0.25, -0.2) is 4.79 Å². The molecule has 0 saturated carbocycles. The van der Waals surface area contributed by atoms with E-state index in [1.54, 1.807) is 32.9 Å². The second-order valence-corrected chi connectivity index (χ2v) is 5.57. The fourth-order valence-corrected chi connectivity index (χ4v) is 2.54. The number of nitrogens with zero attached hydrogens (tertiary/aromatic N) is 1. The molecule has 3 N–H and O–H groups in total. The number of carbonyl (C=O) groups is 1. The van der Waals surface area contributed by atoms with Gasteiger partial charge in [-0.1, -0.05) is 24.6 Å². The number of nitrogens with two attached hydrogens (primary N) is 1. The molecular formula is C17H22N2O4. The molecule has 6 nitrogen and oxygen atoms in total. The molecule has 0 bridgehead atoms. The molecule has 1 aromatic carbocycles. The van der Waals surface area contributed by atoms with Gasteiger partial charge < -0.3 is 10.8 Å². The van der Waals surface area contributed by atoms with Crippen molar-refractivity contribution in [3.63, 3.8) is 0 Å². The molecule has 1 unspecified atom stereocenters. The minimum absolute atomic E-state index is 0.0751. The van der Waals surface area contributed by atoms with E-state index in [2.05, 4.69) is 0 Å². The lowest BCUT2D eigenvalue weighted by Crippen LogP contribution is -2.17. The zero-order valence-corrected chi connectivity index (χ0v) is 13.8. The highest BCUT2D eigenvalue weighted by Gasteiger charge is 2.27. The Kier molecular flexibility index (Phi) is 6.07. The Balaban J connectivity index is 3.66. The van der Waals surface area contributed by atoms with Crippen LogP contribution in [0.15, 0.2) is 46.7 Å². The first-order chi connectivity index (χ1) is 10.7. The molecule has 0 amide bonds. The van der Waals surface area contributed by atoms with E-state index in [1.807, 2.05) is 6.92 Å². The Labute approximate surface area is 135 Å². The Morgan fingerprint density at radius 2 is 1.96 bits per heavy atom. The molecule has 0 aliphatic rings. The molecule has 0 aliphatic heterocycles. The minimum atomic E-state index is -1.05. The van der Waals surface area contributed by atoms with Crippen LogP contribution in [0, 0.1) is 10.1 Å². The number of hydrogen-bond acceptors (Lipinski definition) is 4. The SMILES string of the molecule is CC/C(N)=C(\C)C(C(C(=O)O)=C(C)C)c1cccc([N+](=O)[O-])c1. The highest BCUT2D eigenvalue weighted by atomic mass is 16.6. The predicted molar refractivity (Wildman–Crippen MR) is 89.0 cm³/mol. The third kappa shape index (κ3) is 4.18. The molecule has 0 aliphatic carbocycles. The standard InChI is InChI=1S/C17H22N2O4/c1-5-14(18)11(4)16(15(10(2)3)17(20)21)12-7-6-8-13(9-12)19(22)23/h6-9,16H,5,18H2,1-4H3,(H,20,21)/b14-11-. The number of aliphatic carboxylic acids is 1. The molecule has 0 fully saturated rings. The van der Waals surface area contributed by atoms with Gasteiger partial charge in [-0.3, -0.25) is 10.1 Å². The summed E-state index contributed by atoms with van der Waals surface area (Å²) >= 11 is 0. The van der Waals surface area contributed by atoms with Gasteiger partial charge in [-0.2, -0.15) is 0 Å². The topological polar surface area (TPSA) is 106 Å². The number of nitro benzene ring substituents is 1. The summed E-state index contributed by atoms with van der Waals surface area (Å²) in [5.41, 5.74) is 8.61. The van der Waals surface area contributed by atoms with Crippen molar-refractivity contribution in [2.75, 3.05) is 0 Å². The van der Waals surface area contributed by atoms with Crippen LogP contribution in [0.4, 0.5) is 5.69 Å². The molecule has 0 heterocycles. The summed E-state index contributed by atoms with van der Waals surface area (Å²) in [4.78, 5) is 22.3. The lowest BCUT2D eigenvalue weighted by atomic mass is 9.82. The lowest BCUT2D eigenvalue weighted by Gasteiger charge is -2.22. The molecule has 23 heavy (non-hydrogen) atoms. The number of rotatable bonds is 6. The molecule has 1 atom stereocenters. The van der Waals surface area contributed by atoms with Gasteiger partial charge in [0.2, 0.25) is 0 Å². The summed E-state index contributed by atoms with van der Waals surface area (Å²) in [7, 11) is 0. The Hall–Kier alpha value is -2.63. The van der Waals surface area contributed by atoms with Gasteiger partial charge in [0.05, 0.1) is 4.92 Å². The number of carboxylic acid groups (broad SMARTS) is 1. The molecule has 0 radical (unpaired) electrons.